The first-order chi connectivity index (χ1) is 26.4. The Labute approximate surface area is 342 Å². The molecule has 0 aromatic rings. The molecule has 0 bridgehead atoms. The number of phosphoric acid groups is 1. The lowest BCUT2D eigenvalue weighted by Crippen LogP contribution is -2.59. The minimum absolute atomic E-state index is 0.0894. The molecule has 328 valence electrons. The third-order valence-corrected chi connectivity index (χ3v) is 11.9. The summed E-state index contributed by atoms with van der Waals surface area (Å²) in [6.07, 6.45) is 45.3. The van der Waals surface area contributed by atoms with E-state index in [1.54, 1.807) is 0 Å². The molecule has 0 heterocycles. The molecule has 55 heavy (non-hydrogen) atoms. The molecule has 0 saturated heterocycles. The number of nitrogens with zero attached hydrogens (tertiary/aromatic N) is 1. The molecule has 0 radical (unpaired) electrons. The van der Waals surface area contributed by atoms with Gasteiger partial charge in [-0.05, 0) is 12.8 Å². The summed E-state index contributed by atoms with van der Waals surface area (Å²) in [5.74, 6) is -0.958. The van der Waals surface area contributed by atoms with Gasteiger partial charge < -0.3 is 14.3 Å². The van der Waals surface area contributed by atoms with Gasteiger partial charge in [0.1, 0.15) is 6.54 Å². The number of carbonyl (C=O) groups is 2. The Bertz CT molecular complexity index is 877. The standard InChI is InChI=1S/C47H94NO6P/c1-6-8-10-12-14-16-18-20-22-24-26-28-30-32-34-36-38-40-42-45(49)47(44-48(3,4)5,54-55(51,52)53)46(50)43-41-39-37-35-33-31-29-27-25-23-21-19-17-15-13-11-9-7-2/h6-44H2,1-5H3,(H-,51,52,53)/p+1. The molecule has 0 aromatic carbocycles. The van der Waals surface area contributed by atoms with Crippen molar-refractivity contribution < 1.29 is 32.9 Å². The van der Waals surface area contributed by atoms with Crippen LogP contribution in [0.2, 0.25) is 0 Å². The lowest BCUT2D eigenvalue weighted by Gasteiger charge is -2.37. The number of carbonyl (C=O) groups excluding carboxylic acids is 2. The van der Waals surface area contributed by atoms with E-state index in [-0.39, 0.29) is 23.9 Å². The Morgan fingerprint density at radius 1 is 0.418 bits per heavy atom. The minimum atomic E-state index is -5.09. The highest BCUT2D eigenvalue weighted by Crippen LogP contribution is 2.44. The Kier molecular flexibility index (Phi) is 36.1. The first-order valence-electron chi connectivity index (χ1n) is 24.0. The molecule has 0 aliphatic rings. The zero-order chi connectivity index (χ0) is 40.9. The maximum absolute atomic E-state index is 13.7. The van der Waals surface area contributed by atoms with Crippen LogP contribution < -0.4 is 0 Å². The van der Waals surface area contributed by atoms with Crippen LogP contribution in [-0.2, 0) is 18.7 Å². The van der Waals surface area contributed by atoms with Gasteiger partial charge in [-0.2, -0.15) is 0 Å². The maximum atomic E-state index is 13.7. The Balaban J connectivity index is 4.35. The van der Waals surface area contributed by atoms with Crippen molar-refractivity contribution in [3.8, 4) is 0 Å². The highest BCUT2D eigenvalue weighted by atomic mass is 31.2. The Hall–Kier alpha value is -0.590. The quantitative estimate of drug-likeness (QED) is 0.0275. The van der Waals surface area contributed by atoms with E-state index < -0.39 is 25.0 Å². The van der Waals surface area contributed by atoms with Gasteiger partial charge in [0.2, 0.25) is 5.60 Å². The first-order valence-corrected chi connectivity index (χ1v) is 25.5. The van der Waals surface area contributed by atoms with Gasteiger partial charge in [0.05, 0.1) is 21.1 Å². The molecule has 0 aromatic heterocycles. The summed E-state index contributed by atoms with van der Waals surface area (Å²) in [6.45, 7) is 4.45. The fourth-order valence-corrected chi connectivity index (χ4v) is 8.78. The van der Waals surface area contributed by atoms with Crippen molar-refractivity contribution in [1.29, 1.82) is 0 Å². The van der Waals surface area contributed by atoms with Crippen LogP contribution in [-0.4, -0.2) is 59.1 Å². The summed E-state index contributed by atoms with van der Waals surface area (Å²) in [7, 11) is 0.384. The number of quaternary nitrogens is 1. The molecule has 0 atom stereocenters. The molecule has 2 N–H and O–H groups in total. The maximum Gasteiger partial charge on any atom is 0.471 e. The zero-order valence-electron chi connectivity index (χ0n) is 37.5. The lowest BCUT2D eigenvalue weighted by atomic mass is 9.86. The second-order valence-electron chi connectivity index (χ2n) is 18.2. The van der Waals surface area contributed by atoms with E-state index in [0.29, 0.717) is 12.8 Å². The zero-order valence-corrected chi connectivity index (χ0v) is 38.4. The predicted octanol–water partition coefficient (Wildman–Crippen LogP) is 14.5. The summed E-state index contributed by atoms with van der Waals surface area (Å²) in [4.78, 5) is 47.2. The SMILES string of the molecule is CCCCCCCCCCCCCCCCCCCCC(=O)C(C[N+](C)(C)C)(OP(=O)(O)O)C(=O)CCCCCCCCCCCCCCCCCCCC. The molecular formula is C47H95NO6P+. The van der Waals surface area contributed by atoms with Crippen LogP contribution in [0.25, 0.3) is 0 Å². The molecule has 8 heteroatoms. The largest absolute Gasteiger partial charge is 0.471 e. The Morgan fingerprint density at radius 3 is 0.800 bits per heavy atom. The molecular weight excluding hydrogens is 705 g/mol. The van der Waals surface area contributed by atoms with Crippen molar-refractivity contribution in [2.75, 3.05) is 27.7 Å². The normalized spacial score (nSPS) is 12.5. The highest BCUT2D eigenvalue weighted by Gasteiger charge is 2.53. The van der Waals surface area contributed by atoms with Crippen LogP contribution in [0, 0.1) is 0 Å². The average molecular weight is 801 g/mol. The molecule has 0 rings (SSSR count). The van der Waals surface area contributed by atoms with Crippen LogP contribution in [0.5, 0.6) is 0 Å². The summed E-state index contributed by atoms with van der Waals surface area (Å²) < 4.78 is 17.6. The van der Waals surface area contributed by atoms with Gasteiger partial charge in [-0.25, -0.2) is 4.57 Å². The van der Waals surface area contributed by atoms with Gasteiger partial charge in [-0.3, -0.25) is 14.1 Å². The topological polar surface area (TPSA) is 101 Å². The molecule has 0 saturated carbocycles. The lowest BCUT2D eigenvalue weighted by molar-refractivity contribution is -0.874. The molecule has 7 nitrogen and oxygen atoms in total. The fraction of sp³-hybridized carbons (Fsp3) is 0.957. The number of hydrogen-bond donors (Lipinski definition) is 2. The number of hydrogen-bond acceptors (Lipinski definition) is 4. The number of unbranched alkanes of at least 4 members (excludes halogenated alkanes) is 34. The predicted molar refractivity (Wildman–Crippen MR) is 236 cm³/mol. The van der Waals surface area contributed by atoms with E-state index in [0.717, 1.165) is 38.5 Å². The minimum Gasteiger partial charge on any atom is -0.328 e. The second-order valence-corrected chi connectivity index (χ2v) is 19.4. The van der Waals surface area contributed by atoms with Crippen LogP contribution in [0.3, 0.4) is 0 Å². The van der Waals surface area contributed by atoms with Crippen molar-refractivity contribution in [2.45, 2.75) is 263 Å². The molecule has 0 amide bonds. The monoisotopic (exact) mass is 801 g/mol. The van der Waals surface area contributed by atoms with Crippen LogP contribution in [0.4, 0.5) is 0 Å². The van der Waals surface area contributed by atoms with Crippen molar-refractivity contribution in [1.82, 2.24) is 0 Å². The van der Waals surface area contributed by atoms with Crippen molar-refractivity contribution in [2.24, 2.45) is 0 Å². The average Bonchev–Trinajstić information content (AvgIpc) is 3.12. The summed E-state index contributed by atoms with van der Waals surface area (Å²) in [6, 6.07) is 0. The van der Waals surface area contributed by atoms with Gasteiger partial charge in [-0.1, -0.05) is 232 Å². The molecule has 0 fully saturated rings. The van der Waals surface area contributed by atoms with E-state index >= 15 is 0 Å². The van der Waals surface area contributed by atoms with Gasteiger partial charge in [0.25, 0.3) is 0 Å². The second kappa shape index (κ2) is 36.5. The van der Waals surface area contributed by atoms with E-state index in [9.17, 15) is 23.9 Å². The van der Waals surface area contributed by atoms with E-state index in [4.69, 9.17) is 4.52 Å². The third kappa shape index (κ3) is 35.1. The van der Waals surface area contributed by atoms with Crippen LogP contribution in [0.1, 0.15) is 258 Å². The Morgan fingerprint density at radius 2 is 0.618 bits per heavy atom. The summed E-state index contributed by atoms with van der Waals surface area (Å²) >= 11 is 0. The van der Waals surface area contributed by atoms with Gasteiger partial charge in [-0.15, -0.1) is 0 Å². The van der Waals surface area contributed by atoms with Gasteiger partial charge in [0.15, 0.2) is 11.6 Å². The smallest absolute Gasteiger partial charge is 0.328 e. The van der Waals surface area contributed by atoms with Gasteiger partial charge >= 0.3 is 7.82 Å². The number of ketones is 2. The first kappa shape index (κ1) is 54.4. The van der Waals surface area contributed by atoms with Crippen LogP contribution in [0.15, 0.2) is 0 Å². The van der Waals surface area contributed by atoms with Crippen molar-refractivity contribution >= 4 is 19.4 Å². The summed E-state index contributed by atoms with van der Waals surface area (Å²) in [5, 5.41) is 0. The summed E-state index contributed by atoms with van der Waals surface area (Å²) in [5.41, 5.74) is -2.11. The van der Waals surface area contributed by atoms with E-state index in [1.165, 1.54) is 180 Å². The molecule has 0 spiro atoms. The van der Waals surface area contributed by atoms with E-state index in [2.05, 4.69) is 13.8 Å². The molecule has 0 aliphatic carbocycles. The van der Waals surface area contributed by atoms with Crippen molar-refractivity contribution in [3.63, 3.8) is 0 Å². The van der Waals surface area contributed by atoms with Crippen molar-refractivity contribution in [3.05, 3.63) is 0 Å². The van der Waals surface area contributed by atoms with Crippen LogP contribution >= 0.6 is 7.82 Å². The number of Topliss-reactive ketones (excluding diaryl/α,β-unsaturated/α-hetero) is 2. The fourth-order valence-electron chi connectivity index (χ4n) is 8.11. The van der Waals surface area contributed by atoms with Gasteiger partial charge in [0, 0.05) is 12.8 Å². The number of phosphoric ester groups is 1. The third-order valence-electron chi connectivity index (χ3n) is 11.4. The molecule has 0 unspecified atom stereocenters. The van der Waals surface area contributed by atoms with E-state index in [1.807, 2.05) is 21.1 Å². The molecule has 0 aliphatic heterocycles. The highest BCUT2D eigenvalue weighted by molar-refractivity contribution is 7.46. The number of likely N-dealkylation sites (N-methyl/N-ethyl adjacent to an activating group) is 1. The number of rotatable bonds is 44.